The van der Waals surface area contributed by atoms with Crippen LogP contribution in [0, 0.1) is 0 Å². The third-order valence-corrected chi connectivity index (χ3v) is 6.00. The van der Waals surface area contributed by atoms with Crippen LogP contribution in [0.4, 0.5) is 0 Å². The van der Waals surface area contributed by atoms with Crippen molar-refractivity contribution in [2.75, 3.05) is 44.2 Å². The van der Waals surface area contributed by atoms with Gasteiger partial charge in [-0.05, 0) is 58.4 Å². The van der Waals surface area contributed by atoms with E-state index in [2.05, 4.69) is 35.4 Å². The molecule has 1 unspecified atom stereocenters. The third-order valence-electron chi connectivity index (χ3n) is 4.96. The Bertz CT molecular complexity index is 264. The molecular weight excluding hydrogens is 254 g/mol. The van der Waals surface area contributed by atoms with Gasteiger partial charge in [-0.3, -0.25) is 4.90 Å². The molecule has 0 saturated carbocycles. The first-order valence-electron chi connectivity index (χ1n) is 7.95. The van der Waals surface area contributed by atoms with Crippen molar-refractivity contribution in [3.05, 3.63) is 0 Å². The molecule has 4 heteroatoms. The minimum atomic E-state index is 0.286. The van der Waals surface area contributed by atoms with Crippen LogP contribution in [0.1, 0.15) is 39.5 Å². The fourth-order valence-corrected chi connectivity index (χ4v) is 4.47. The molecule has 0 radical (unpaired) electrons. The van der Waals surface area contributed by atoms with E-state index >= 15 is 0 Å². The quantitative estimate of drug-likeness (QED) is 0.860. The molecule has 1 atom stereocenters. The molecule has 2 saturated heterocycles. The second-order valence-corrected chi connectivity index (χ2v) is 7.59. The Labute approximate surface area is 123 Å². The first-order chi connectivity index (χ1) is 9.18. The molecule has 2 aliphatic rings. The van der Waals surface area contributed by atoms with Gasteiger partial charge < -0.3 is 10.6 Å². The Morgan fingerprint density at radius 1 is 1.05 bits per heavy atom. The predicted molar refractivity (Wildman–Crippen MR) is 85.9 cm³/mol. The molecular formula is C15H31N3S. The van der Waals surface area contributed by atoms with E-state index in [1.807, 2.05) is 0 Å². The summed E-state index contributed by atoms with van der Waals surface area (Å²) in [5.74, 6) is 2.62. The van der Waals surface area contributed by atoms with Crippen LogP contribution in [-0.2, 0) is 0 Å². The maximum absolute atomic E-state index is 6.24. The highest BCUT2D eigenvalue weighted by molar-refractivity contribution is 7.99. The lowest BCUT2D eigenvalue weighted by molar-refractivity contribution is 0.0848. The SMILES string of the molecule is CC(C)N1CCCC(CN)(N2CCCSCC2)CC1. The Balaban J connectivity index is 2.04. The molecule has 0 aliphatic carbocycles. The molecule has 0 aromatic heterocycles. The lowest BCUT2D eigenvalue weighted by Crippen LogP contribution is -2.55. The van der Waals surface area contributed by atoms with Crippen LogP contribution >= 0.6 is 11.8 Å². The average Bonchev–Trinajstić information content (AvgIpc) is 2.80. The summed E-state index contributed by atoms with van der Waals surface area (Å²) in [6, 6.07) is 0.674. The van der Waals surface area contributed by atoms with E-state index in [0.29, 0.717) is 6.04 Å². The van der Waals surface area contributed by atoms with Gasteiger partial charge >= 0.3 is 0 Å². The van der Waals surface area contributed by atoms with Crippen molar-refractivity contribution in [2.24, 2.45) is 5.73 Å². The zero-order chi connectivity index (χ0) is 13.7. The Morgan fingerprint density at radius 3 is 2.63 bits per heavy atom. The van der Waals surface area contributed by atoms with Crippen molar-refractivity contribution >= 4 is 11.8 Å². The second-order valence-electron chi connectivity index (χ2n) is 6.36. The summed E-state index contributed by atoms with van der Waals surface area (Å²) in [6.45, 7) is 10.4. The number of likely N-dealkylation sites (tertiary alicyclic amines) is 1. The number of nitrogens with zero attached hydrogens (tertiary/aromatic N) is 2. The molecule has 3 nitrogen and oxygen atoms in total. The summed E-state index contributed by atoms with van der Waals surface area (Å²) in [6.07, 6.45) is 5.18. The maximum atomic E-state index is 6.24. The van der Waals surface area contributed by atoms with Gasteiger partial charge in [0, 0.05) is 37.0 Å². The number of rotatable bonds is 3. The van der Waals surface area contributed by atoms with Crippen LogP contribution in [0.3, 0.4) is 0 Å². The van der Waals surface area contributed by atoms with Crippen LogP contribution in [0.15, 0.2) is 0 Å². The molecule has 0 amide bonds. The standard InChI is InChI=1S/C15H31N3S/c1-14(2)17-7-3-5-15(13-16,6-9-17)18-8-4-11-19-12-10-18/h14H,3-13,16H2,1-2H3. The van der Waals surface area contributed by atoms with Gasteiger partial charge in [-0.25, -0.2) is 0 Å². The summed E-state index contributed by atoms with van der Waals surface area (Å²) in [7, 11) is 0. The van der Waals surface area contributed by atoms with Crippen LogP contribution in [0.25, 0.3) is 0 Å². The summed E-state index contributed by atoms with van der Waals surface area (Å²) in [4.78, 5) is 5.36. The van der Waals surface area contributed by atoms with Gasteiger partial charge in [0.1, 0.15) is 0 Å². The Hall–Kier alpha value is 0.230. The van der Waals surface area contributed by atoms with Gasteiger partial charge in [-0.1, -0.05) is 0 Å². The minimum Gasteiger partial charge on any atom is -0.329 e. The molecule has 2 fully saturated rings. The molecule has 0 aromatic rings. The van der Waals surface area contributed by atoms with Crippen molar-refractivity contribution in [1.82, 2.24) is 9.80 Å². The lowest BCUT2D eigenvalue weighted by Gasteiger charge is -2.43. The van der Waals surface area contributed by atoms with Gasteiger partial charge in [0.25, 0.3) is 0 Å². The van der Waals surface area contributed by atoms with E-state index in [1.165, 1.54) is 63.4 Å². The van der Waals surface area contributed by atoms with Gasteiger partial charge in [-0.2, -0.15) is 11.8 Å². The molecule has 2 aliphatic heterocycles. The maximum Gasteiger partial charge on any atom is 0.0344 e. The van der Waals surface area contributed by atoms with Gasteiger partial charge in [0.15, 0.2) is 0 Å². The number of nitrogens with two attached hydrogens (primary N) is 1. The number of hydrogen-bond donors (Lipinski definition) is 1. The highest BCUT2D eigenvalue weighted by Gasteiger charge is 2.37. The molecule has 112 valence electrons. The average molecular weight is 286 g/mol. The number of hydrogen-bond acceptors (Lipinski definition) is 4. The van der Waals surface area contributed by atoms with Crippen LogP contribution < -0.4 is 5.73 Å². The van der Waals surface area contributed by atoms with Crippen LogP contribution in [-0.4, -0.2) is 65.6 Å². The fraction of sp³-hybridized carbons (Fsp3) is 1.00. The van der Waals surface area contributed by atoms with E-state index in [-0.39, 0.29) is 5.54 Å². The van der Waals surface area contributed by atoms with E-state index < -0.39 is 0 Å². The minimum absolute atomic E-state index is 0.286. The molecule has 2 N–H and O–H groups in total. The topological polar surface area (TPSA) is 32.5 Å². The first-order valence-corrected chi connectivity index (χ1v) is 9.10. The monoisotopic (exact) mass is 285 g/mol. The highest BCUT2D eigenvalue weighted by Crippen LogP contribution is 2.30. The van der Waals surface area contributed by atoms with Crippen molar-refractivity contribution in [3.8, 4) is 0 Å². The Kier molecular flexibility index (Phi) is 6.00. The molecule has 0 spiro atoms. The summed E-state index contributed by atoms with van der Waals surface area (Å²) in [5, 5.41) is 0. The molecule has 0 aromatic carbocycles. The fourth-order valence-electron chi connectivity index (χ4n) is 3.59. The smallest absolute Gasteiger partial charge is 0.0344 e. The van der Waals surface area contributed by atoms with E-state index in [0.717, 1.165) is 6.54 Å². The summed E-state index contributed by atoms with van der Waals surface area (Å²) < 4.78 is 0. The first kappa shape index (κ1) is 15.6. The van der Waals surface area contributed by atoms with E-state index in [1.54, 1.807) is 0 Å². The predicted octanol–water partition coefficient (Wildman–Crippen LogP) is 2.02. The lowest BCUT2D eigenvalue weighted by atomic mass is 9.88. The van der Waals surface area contributed by atoms with Crippen molar-refractivity contribution < 1.29 is 0 Å². The summed E-state index contributed by atoms with van der Waals surface area (Å²) in [5.41, 5.74) is 6.53. The van der Waals surface area contributed by atoms with Crippen LogP contribution in [0.2, 0.25) is 0 Å². The third kappa shape index (κ3) is 3.87. The van der Waals surface area contributed by atoms with Gasteiger partial charge in [0.05, 0.1) is 0 Å². The molecule has 19 heavy (non-hydrogen) atoms. The van der Waals surface area contributed by atoms with E-state index in [9.17, 15) is 0 Å². The van der Waals surface area contributed by atoms with Crippen molar-refractivity contribution in [3.63, 3.8) is 0 Å². The van der Waals surface area contributed by atoms with Gasteiger partial charge in [-0.15, -0.1) is 0 Å². The zero-order valence-corrected chi connectivity index (χ0v) is 13.6. The van der Waals surface area contributed by atoms with Gasteiger partial charge in [0.2, 0.25) is 0 Å². The summed E-state index contributed by atoms with van der Waals surface area (Å²) >= 11 is 2.11. The van der Waals surface area contributed by atoms with Crippen molar-refractivity contribution in [1.29, 1.82) is 0 Å². The largest absolute Gasteiger partial charge is 0.329 e. The molecule has 2 heterocycles. The normalized spacial score (nSPS) is 32.2. The molecule has 2 rings (SSSR count). The molecule has 0 bridgehead atoms. The highest BCUT2D eigenvalue weighted by atomic mass is 32.2. The zero-order valence-electron chi connectivity index (χ0n) is 12.7. The number of thioether (sulfide) groups is 1. The van der Waals surface area contributed by atoms with E-state index in [4.69, 9.17) is 5.73 Å². The van der Waals surface area contributed by atoms with Crippen molar-refractivity contribution in [2.45, 2.75) is 51.1 Å². The Morgan fingerprint density at radius 2 is 1.89 bits per heavy atom. The second kappa shape index (κ2) is 7.30. The van der Waals surface area contributed by atoms with Crippen LogP contribution in [0.5, 0.6) is 0 Å².